The van der Waals surface area contributed by atoms with Crippen molar-refractivity contribution in [3.05, 3.63) is 23.8 Å². The van der Waals surface area contributed by atoms with Crippen LogP contribution in [0.25, 0.3) is 0 Å². The van der Waals surface area contributed by atoms with E-state index < -0.39 is 0 Å². The number of amides is 1. The predicted octanol–water partition coefficient (Wildman–Crippen LogP) is 1.000. The van der Waals surface area contributed by atoms with Crippen LogP contribution in [0.5, 0.6) is 11.5 Å². The van der Waals surface area contributed by atoms with Crippen LogP contribution in [0.2, 0.25) is 0 Å². The van der Waals surface area contributed by atoms with Gasteiger partial charge in [0.1, 0.15) is 0 Å². The highest BCUT2D eigenvalue weighted by Gasteiger charge is 2.17. The normalized spacial score (nSPS) is 14.3. The number of carbonyl (C=O) groups excluding carboxylic acids is 2. The second-order valence-corrected chi connectivity index (χ2v) is 6.12. The number of hydrogen-bond donors (Lipinski definition) is 1. The zero-order valence-corrected chi connectivity index (χ0v) is 15.0. The summed E-state index contributed by atoms with van der Waals surface area (Å²) in [5.41, 5.74) is 0.767. The Labute approximate surface area is 148 Å². The minimum Gasteiger partial charge on any atom is -0.493 e. The number of ether oxygens (including phenoxy) is 3. The molecule has 138 valence electrons. The fourth-order valence-corrected chi connectivity index (χ4v) is 2.56. The van der Waals surface area contributed by atoms with Gasteiger partial charge in [-0.05, 0) is 31.5 Å². The van der Waals surface area contributed by atoms with Crippen LogP contribution in [0.4, 0.5) is 0 Å². The molecule has 1 aliphatic rings. The van der Waals surface area contributed by atoms with Crippen LogP contribution in [0.1, 0.15) is 19.4 Å². The second kappa shape index (κ2) is 9.27. The van der Waals surface area contributed by atoms with Crippen LogP contribution in [0.15, 0.2) is 18.2 Å². The van der Waals surface area contributed by atoms with Gasteiger partial charge in [-0.1, -0.05) is 6.07 Å². The Morgan fingerprint density at radius 3 is 2.56 bits per heavy atom. The molecule has 2 rings (SSSR count). The number of nitrogens with zero attached hydrogens (tertiary/aromatic N) is 1. The smallest absolute Gasteiger partial charge is 0.310 e. The first-order chi connectivity index (χ1) is 12.0. The Kier molecular flexibility index (Phi) is 7.06. The number of nitrogens with one attached hydrogen (secondary N) is 1. The van der Waals surface area contributed by atoms with E-state index in [1.165, 1.54) is 7.11 Å². The maximum Gasteiger partial charge on any atom is 0.310 e. The van der Waals surface area contributed by atoms with Gasteiger partial charge in [-0.2, -0.15) is 0 Å². The molecule has 1 saturated heterocycles. The van der Waals surface area contributed by atoms with Crippen molar-refractivity contribution >= 4 is 11.9 Å². The van der Waals surface area contributed by atoms with Crippen molar-refractivity contribution in [2.75, 3.05) is 39.9 Å². The highest BCUT2D eigenvalue weighted by Crippen LogP contribution is 2.28. The number of methoxy groups -OCH3 is 1. The van der Waals surface area contributed by atoms with Crippen LogP contribution >= 0.6 is 0 Å². The van der Waals surface area contributed by atoms with E-state index in [2.05, 4.69) is 5.32 Å². The molecule has 1 fully saturated rings. The van der Waals surface area contributed by atoms with Gasteiger partial charge in [0.2, 0.25) is 0 Å². The first kappa shape index (κ1) is 19.1. The summed E-state index contributed by atoms with van der Waals surface area (Å²) in [5.74, 6) is 0.627. The predicted molar refractivity (Wildman–Crippen MR) is 92.9 cm³/mol. The second-order valence-electron chi connectivity index (χ2n) is 6.12. The molecule has 0 bridgehead atoms. The number of piperazine rings is 1. The number of carbonyl (C=O) groups is 2. The molecule has 0 spiro atoms. The molecule has 1 amide bonds. The van der Waals surface area contributed by atoms with E-state index in [0.29, 0.717) is 24.6 Å². The summed E-state index contributed by atoms with van der Waals surface area (Å²) in [5, 5.41) is 3.20. The molecule has 1 heterocycles. The number of benzene rings is 1. The van der Waals surface area contributed by atoms with Crippen LogP contribution in [-0.2, 0) is 20.7 Å². The lowest BCUT2D eigenvalue weighted by molar-refractivity contribution is -0.146. The third kappa shape index (κ3) is 5.94. The monoisotopic (exact) mass is 350 g/mol. The molecule has 0 aromatic heterocycles. The van der Waals surface area contributed by atoms with Gasteiger partial charge in [0.25, 0.3) is 5.91 Å². The van der Waals surface area contributed by atoms with E-state index in [0.717, 1.165) is 18.7 Å². The highest BCUT2D eigenvalue weighted by atomic mass is 16.5. The van der Waals surface area contributed by atoms with Gasteiger partial charge in [0.15, 0.2) is 18.1 Å². The molecular weight excluding hydrogens is 324 g/mol. The number of esters is 1. The highest BCUT2D eigenvalue weighted by molar-refractivity contribution is 5.78. The SMILES string of the molecule is COc1cc(CC(=O)OC(C)C)ccc1OCC(=O)N1CCNCC1. The first-order valence-electron chi connectivity index (χ1n) is 8.47. The number of hydrogen-bond acceptors (Lipinski definition) is 6. The lowest BCUT2D eigenvalue weighted by atomic mass is 10.1. The maximum absolute atomic E-state index is 12.2. The minimum atomic E-state index is -0.292. The van der Waals surface area contributed by atoms with Gasteiger partial charge in [0.05, 0.1) is 19.6 Å². The molecule has 1 aromatic carbocycles. The Balaban J connectivity index is 1.94. The zero-order chi connectivity index (χ0) is 18.2. The molecule has 1 N–H and O–H groups in total. The van der Waals surface area contributed by atoms with Crippen molar-refractivity contribution in [1.29, 1.82) is 0 Å². The Morgan fingerprint density at radius 1 is 1.20 bits per heavy atom. The van der Waals surface area contributed by atoms with Gasteiger partial charge in [-0.3, -0.25) is 9.59 Å². The largest absolute Gasteiger partial charge is 0.493 e. The average Bonchev–Trinajstić information content (AvgIpc) is 2.60. The molecule has 7 heteroatoms. The Morgan fingerprint density at radius 2 is 1.92 bits per heavy atom. The number of rotatable bonds is 7. The summed E-state index contributed by atoms with van der Waals surface area (Å²) in [4.78, 5) is 25.7. The van der Waals surface area contributed by atoms with Crippen molar-refractivity contribution < 1.29 is 23.8 Å². The molecule has 0 radical (unpaired) electrons. The summed E-state index contributed by atoms with van der Waals surface area (Å²) in [6.07, 6.45) is 0.0159. The topological polar surface area (TPSA) is 77.1 Å². The fourth-order valence-electron chi connectivity index (χ4n) is 2.56. The summed E-state index contributed by atoms with van der Waals surface area (Å²) < 4.78 is 16.1. The summed E-state index contributed by atoms with van der Waals surface area (Å²) in [6, 6.07) is 5.21. The molecule has 1 aromatic rings. The van der Waals surface area contributed by atoms with Gasteiger partial charge >= 0.3 is 5.97 Å². The van der Waals surface area contributed by atoms with Gasteiger partial charge in [-0.15, -0.1) is 0 Å². The standard InChI is InChI=1S/C18H26N2O5/c1-13(2)25-18(22)11-14-4-5-15(16(10-14)23-3)24-12-17(21)20-8-6-19-7-9-20/h4-5,10,13,19H,6-9,11-12H2,1-3H3. The minimum absolute atomic E-state index is 0.0366. The summed E-state index contributed by atoms with van der Waals surface area (Å²) >= 11 is 0. The van der Waals surface area contributed by atoms with Crippen molar-refractivity contribution in [2.24, 2.45) is 0 Å². The average molecular weight is 350 g/mol. The van der Waals surface area contributed by atoms with Gasteiger partial charge in [-0.25, -0.2) is 0 Å². The fraction of sp³-hybridized carbons (Fsp3) is 0.556. The molecule has 25 heavy (non-hydrogen) atoms. The van der Waals surface area contributed by atoms with E-state index in [9.17, 15) is 9.59 Å². The van der Waals surface area contributed by atoms with Crippen molar-refractivity contribution in [3.63, 3.8) is 0 Å². The van der Waals surface area contributed by atoms with Crippen molar-refractivity contribution in [3.8, 4) is 11.5 Å². The summed E-state index contributed by atoms with van der Waals surface area (Å²) in [7, 11) is 1.52. The molecule has 7 nitrogen and oxygen atoms in total. The zero-order valence-electron chi connectivity index (χ0n) is 15.0. The molecule has 0 unspecified atom stereocenters. The van der Waals surface area contributed by atoms with E-state index in [1.54, 1.807) is 23.1 Å². The first-order valence-corrected chi connectivity index (χ1v) is 8.47. The van der Waals surface area contributed by atoms with E-state index in [4.69, 9.17) is 14.2 Å². The van der Waals surface area contributed by atoms with Gasteiger partial charge < -0.3 is 24.4 Å². The van der Waals surface area contributed by atoms with Crippen LogP contribution in [0, 0.1) is 0 Å². The molecule has 1 aliphatic heterocycles. The maximum atomic E-state index is 12.2. The van der Waals surface area contributed by atoms with Crippen molar-refractivity contribution in [2.45, 2.75) is 26.4 Å². The molecular formula is C18H26N2O5. The Hall–Kier alpha value is -2.28. The van der Waals surface area contributed by atoms with Crippen LogP contribution in [-0.4, -0.2) is 62.8 Å². The summed E-state index contributed by atoms with van der Waals surface area (Å²) in [6.45, 7) is 6.57. The van der Waals surface area contributed by atoms with Crippen LogP contribution in [0.3, 0.4) is 0 Å². The van der Waals surface area contributed by atoms with Gasteiger partial charge in [0, 0.05) is 26.2 Å². The quantitative estimate of drug-likeness (QED) is 0.740. The van der Waals surface area contributed by atoms with Crippen molar-refractivity contribution in [1.82, 2.24) is 10.2 Å². The third-order valence-electron chi connectivity index (χ3n) is 3.76. The van der Waals surface area contributed by atoms with E-state index in [-0.39, 0.29) is 31.0 Å². The third-order valence-corrected chi connectivity index (χ3v) is 3.76. The van der Waals surface area contributed by atoms with E-state index in [1.807, 2.05) is 13.8 Å². The molecule has 0 atom stereocenters. The Bertz CT molecular complexity index is 597. The van der Waals surface area contributed by atoms with Crippen LogP contribution < -0.4 is 14.8 Å². The lowest BCUT2D eigenvalue weighted by Crippen LogP contribution is -2.47. The lowest BCUT2D eigenvalue weighted by Gasteiger charge is -2.27. The van der Waals surface area contributed by atoms with E-state index >= 15 is 0 Å². The molecule has 0 aliphatic carbocycles. The molecule has 0 saturated carbocycles.